The van der Waals surface area contributed by atoms with Crippen molar-refractivity contribution < 1.29 is 19.4 Å². The normalized spacial score (nSPS) is 21.4. The summed E-state index contributed by atoms with van der Waals surface area (Å²) in [6.45, 7) is 0. The average molecular weight is 512 g/mol. The predicted octanol–water partition coefficient (Wildman–Crippen LogP) is 4.77. The molecule has 4 rings (SSSR count). The molecule has 0 bridgehead atoms. The number of aliphatic imine (C=N–C) groups is 1. The van der Waals surface area contributed by atoms with Gasteiger partial charge in [0.25, 0.3) is 5.91 Å². The lowest BCUT2D eigenvalue weighted by atomic mass is 9.77. The lowest BCUT2D eigenvalue weighted by molar-refractivity contribution is -0.138. The summed E-state index contributed by atoms with van der Waals surface area (Å²) >= 11 is 18.2. The largest absolute Gasteiger partial charge is 0.480 e. The van der Waals surface area contributed by atoms with E-state index in [-0.39, 0.29) is 22.0 Å². The molecule has 11 heteroatoms. The number of carbonyl (C=O) groups is 2. The van der Waals surface area contributed by atoms with E-state index in [2.05, 4.69) is 20.3 Å². The first kappa shape index (κ1) is 23.9. The van der Waals surface area contributed by atoms with E-state index in [1.54, 1.807) is 12.1 Å². The zero-order valence-electron chi connectivity index (χ0n) is 17.4. The molecule has 2 atom stereocenters. The molecule has 1 saturated heterocycles. The second-order valence-corrected chi connectivity index (χ2v) is 9.24. The van der Waals surface area contributed by atoms with E-state index in [0.29, 0.717) is 17.1 Å². The van der Waals surface area contributed by atoms with Crippen LogP contribution >= 0.6 is 34.8 Å². The Hall–Kier alpha value is -2.26. The maximum atomic E-state index is 12.5. The van der Waals surface area contributed by atoms with Gasteiger partial charge in [0.05, 0.1) is 33.2 Å². The summed E-state index contributed by atoms with van der Waals surface area (Å²) < 4.78 is 5.78. The molecule has 8 nitrogen and oxygen atoms in total. The Kier molecular flexibility index (Phi) is 7.19. The zero-order chi connectivity index (χ0) is 23.6. The summed E-state index contributed by atoms with van der Waals surface area (Å²) in [7, 11) is 0. The van der Waals surface area contributed by atoms with E-state index in [1.807, 2.05) is 0 Å². The number of alkyl halides is 1. The van der Waals surface area contributed by atoms with Crippen molar-refractivity contribution in [2.75, 3.05) is 5.32 Å². The number of carboxylic acids is 1. The maximum absolute atomic E-state index is 12.5. The highest BCUT2D eigenvalue weighted by Gasteiger charge is 2.52. The minimum absolute atomic E-state index is 0.0781. The topological polar surface area (TPSA) is 114 Å². The number of carbonyl (C=O) groups excluding carboxylic acids is 1. The van der Waals surface area contributed by atoms with Crippen LogP contribution in [0.15, 0.2) is 35.7 Å². The number of aromatic nitrogens is 2. The molecular weight excluding hydrogens is 491 g/mol. The molecule has 2 aromatic heterocycles. The number of hydrogen-bond donors (Lipinski definition) is 2. The third-order valence-electron chi connectivity index (χ3n) is 5.82. The molecule has 3 heterocycles. The van der Waals surface area contributed by atoms with Crippen LogP contribution in [-0.4, -0.2) is 49.9 Å². The second-order valence-electron chi connectivity index (χ2n) is 8.03. The molecule has 0 radical (unpaired) electrons. The van der Waals surface area contributed by atoms with Gasteiger partial charge in [-0.3, -0.25) is 19.8 Å². The van der Waals surface area contributed by atoms with Crippen LogP contribution in [0.5, 0.6) is 0 Å². The second kappa shape index (κ2) is 9.93. The Morgan fingerprint density at radius 2 is 1.88 bits per heavy atom. The van der Waals surface area contributed by atoms with Gasteiger partial charge in [-0.25, -0.2) is 4.79 Å². The summed E-state index contributed by atoms with van der Waals surface area (Å²) in [5.74, 6) is -1.57. The lowest BCUT2D eigenvalue weighted by Gasteiger charge is -2.49. The fourth-order valence-corrected chi connectivity index (χ4v) is 5.09. The molecule has 1 spiro atoms. The van der Waals surface area contributed by atoms with Crippen molar-refractivity contribution in [2.45, 2.75) is 55.7 Å². The predicted molar refractivity (Wildman–Crippen MR) is 126 cm³/mol. The van der Waals surface area contributed by atoms with Crippen LogP contribution in [-0.2, 0) is 16.0 Å². The highest BCUT2D eigenvalue weighted by atomic mass is 35.5. The number of nitrogens with zero attached hydrogens (tertiary/aromatic N) is 3. The molecule has 2 aromatic rings. The quantitative estimate of drug-likeness (QED) is 0.540. The van der Waals surface area contributed by atoms with Gasteiger partial charge >= 0.3 is 5.97 Å². The number of halogens is 3. The molecule has 2 N–H and O–H groups in total. The van der Waals surface area contributed by atoms with Crippen molar-refractivity contribution in [2.24, 2.45) is 4.99 Å². The molecule has 1 saturated carbocycles. The van der Waals surface area contributed by atoms with Crippen LogP contribution in [0.2, 0.25) is 10.0 Å². The van der Waals surface area contributed by atoms with Gasteiger partial charge in [0.1, 0.15) is 5.60 Å². The number of anilines is 1. The summed E-state index contributed by atoms with van der Waals surface area (Å²) in [5, 5.41) is 12.6. The van der Waals surface area contributed by atoms with Gasteiger partial charge in [-0.15, -0.1) is 0 Å². The number of amides is 1. The van der Waals surface area contributed by atoms with Crippen LogP contribution in [0.25, 0.3) is 0 Å². The number of aliphatic carboxylic acids is 1. The minimum atomic E-state index is -1.06. The fraction of sp³-hybridized carbons (Fsp3) is 0.409. The molecular formula is C22H21Cl3N4O4. The standard InChI is InChI=1S/C22H21Cl3N4O4/c23-14-10-26-11-15(24)17(14)20(30)28-13-5-4-12(27-9-13)8-16(21(31)32)29-18-19(25)33-22(18)6-2-1-3-7-22/h4-5,9-11,16,19H,1-3,6-8H2,(H,28,30)(H,31,32)/t16-,19?/m0/s1. The molecule has 1 aliphatic heterocycles. The Morgan fingerprint density at radius 3 is 2.45 bits per heavy atom. The van der Waals surface area contributed by atoms with E-state index in [0.717, 1.165) is 32.1 Å². The van der Waals surface area contributed by atoms with Crippen molar-refractivity contribution >= 4 is 58.1 Å². The van der Waals surface area contributed by atoms with E-state index < -0.39 is 29.1 Å². The van der Waals surface area contributed by atoms with Gasteiger partial charge in [-0.1, -0.05) is 54.1 Å². The van der Waals surface area contributed by atoms with Crippen molar-refractivity contribution in [1.82, 2.24) is 9.97 Å². The first-order valence-electron chi connectivity index (χ1n) is 10.5. The SMILES string of the molecule is O=C(Nc1ccc(C[C@H](N=C2C(Cl)OC23CCCCC3)C(=O)O)nc1)c1c(Cl)cncc1Cl. The lowest BCUT2D eigenvalue weighted by Crippen LogP contribution is -2.60. The minimum Gasteiger partial charge on any atom is -0.480 e. The van der Waals surface area contributed by atoms with Crippen molar-refractivity contribution in [1.29, 1.82) is 0 Å². The van der Waals surface area contributed by atoms with Gasteiger partial charge in [0, 0.05) is 24.5 Å². The summed E-state index contributed by atoms with van der Waals surface area (Å²) in [6.07, 6.45) is 8.91. The summed E-state index contributed by atoms with van der Waals surface area (Å²) in [6, 6.07) is 2.22. The maximum Gasteiger partial charge on any atom is 0.328 e. The van der Waals surface area contributed by atoms with Crippen LogP contribution in [0.4, 0.5) is 5.69 Å². The van der Waals surface area contributed by atoms with Crippen LogP contribution in [0.3, 0.4) is 0 Å². The van der Waals surface area contributed by atoms with Gasteiger partial charge in [0.15, 0.2) is 11.6 Å². The van der Waals surface area contributed by atoms with E-state index in [4.69, 9.17) is 39.5 Å². The van der Waals surface area contributed by atoms with Gasteiger partial charge in [-0.05, 0) is 25.0 Å². The number of hydrogen-bond acceptors (Lipinski definition) is 6. The van der Waals surface area contributed by atoms with Gasteiger partial charge in [0.2, 0.25) is 0 Å². The first-order chi connectivity index (χ1) is 15.8. The molecule has 2 fully saturated rings. The van der Waals surface area contributed by atoms with Gasteiger partial charge in [-0.2, -0.15) is 0 Å². The summed E-state index contributed by atoms with van der Waals surface area (Å²) in [4.78, 5) is 37.0. The number of nitrogens with one attached hydrogen (secondary N) is 1. The molecule has 33 heavy (non-hydrogen) atoms. The number of rotatable bonds is 6. The monoisotopic (exact) mass is 510 g/mol. The number of carboxylic acid groups (broad SMARTS) is 1. The Bertz CT molecular complexity index is 1060. The Labute approximate surface area is 205 Å². The van der Waals surface area contributed by atoms with Crippen LogP contribution in [0.1, 0.15) is 48.2 Å². The smallest absolute Gasteiger partial charge is 0.328 e. The van der Waals surface area contributed by atoms with E-state index in [9.17, 15) is 14.7 Å². The van der Waals surface area contributed by atoms with Gasteiger partial charge < -0.3 is 15.2 Å². The third-order valence-corrected chi connectivity index (χ3v) is 6.69. The van der Waals surface area contributed by atoms with E-state index >= 15 is 0 Å². The van der Waals surface area contributed by atoms with E-state index in [1.165, 1.54) is 18.6 Å². The zero-order valence-corrected chi connectivity index (χ0v) is 19.7. The Morgan fingerprint density at radius 1 is 1.18 bits per heavy atom. The molecule has 1 amide bonds. The number of ether oxygens (including phenoxy) is 1. The molecule has 174 valence electrons. The highest BCUT2D eigenvalue weighted by Crippen LogP contribution is 2.44. The Balaban J connectivity index is 1.46. The number of pyridine rings is 2. The van der Waals surface area contributed by atoms with Crippen molar-refractivity contribution in [3.63, 3.8) is 0 Å². The van der Waals surface area contributed by atoms with Crippen LogP contribution < -0.4 is 5.32 Å². The molecule has 1 aliphatic carbocycles. The van der Waals surface area contributed by atoms with Crippen LogP contribution in [0, 0.1) is 0 Å². The average Bonchev–Trinajstić information content (AvgIpc) is 2.78. The molecule has 2 aliphatic rings. The third kappa shape index (κ3) is 5.14. The highest BCUT2D eigenvalue weighted by molar-refractivity contribution is 6.40. The van der Waals surface area contributed by atoms with Crippen molar-refractivity contribution in [3.05, 3.63) is 52.0 Å². The molecule has 1 unspecified atom stereocenters. The summed E-state index contributed by atoms with van der Waals surface area (Å²) in [5.41, 5.74) is 0.423. The van der Waals surface area contributed by atoms with Crippen molar-refractivity contribution in [3.8, 4) is 0 Å². The first-order valence-corrected chi connectivity index (χ1v) is 11.7. The fourth-order valence-electron chi connectivity index (χ4n) is 4.13. The molecule has 0 aromatic carbocycles.